The van der Waals surface area contributed by atoms with Crippen LogP contribution in [0.4, 0.5) is 5.69 Å². The molecule has 1 N–H and O–H groups in total. The molecule has 1 aromatic rings. The highest BCUT2D eigenvalue weighted by molar-refractivity contribution is 5.94. The minimum atomic E-state index is -0.127. The number of anilines is 1. The fraction of sp³-hybridized carbons (Fsp3) is 0.385. The number of ether oxygens (including phenoxy) is 1. The average Bonchev–Trinajstić information content (AvgIpc) is 2.46. The molecular weight excluding hydrogens is 230 g/mol. The number of carbonyl (C=O) groups excluding carboxylic acids is 1. The molecule has 0 bridgehead atoms. The molecule has 2 rings (SSSR count). The second-order valence-corrected chi connectivity index (χ2v) is 4.03. The van der Waals surface area contributed by atoms with Crippen LogP contribution < -0.4 is 10.2 Å². The highest BCUT2D eigenvalue weighted by Crippen LogP contribution is 2.15. The van der Waals surface area contributed by atoms with E-state index in [4.69, 9.17) is 4.74 Å². The van der Waals surface area contributed by atoms with Crippen LogP contribution in [0.5, 0.6) is 0 Å². The van der Waals surface area contributed by atoms with Gasteiger partial charge in [-0.25, -0.2) is 0 Å². The molecule has 1 aromatic heterocycles. The second kappa shape index (κ2) is 6.16. The van der Waals surface area contributed by atoms with Gasteiger partial charge >= 0.3 is 0 Å². The Morgan fingerprint density at radius 3 is 3.00 bits per heavy atom. The van der Waals surface area contributed by atoms with E-state index in [0.29, 0.717) is 25.3 Å². The van der Waals surface area contributed by atoms with Crippen molar-refractivity contribution in [3.8, 4) is 0 Å². The zero-order valence-electron chi connectivity index (χ0n) is 10.3. The lowest BCUT2D eigenvalue weighted by molar-refractivity contribution is 0.0957. The molecule has 0 unspecified atom stereocenters. The van der Waals surface area contributed by atoms with Gasteiger partial charge in [0.1, 0.15) is 0 Å². The quantitative estimate of drug-likeness (QED) is 0.801. The molecule has 5 nitrogen and oxygen atoms in total. The molecule has 1 amide bonds. The summed E-state index contributed by atoms with van der Waals surface area (Å²) in [6.45, 7) is 7.12. The summed E-state index contributed by atoms with van der Waals surface area (Å²) in [4.78, 5) is 18.1. The normalized spacial score (nSPS) is 15.2. The van der Waals surface area contributed by atoms with E-state index in [0.717, 1.165) is 18.8 Å². The molecule has 0 spiro atoms. The molecule has 1 aliphatic rings. The Morgan fingerprint density at radius 2 is 2.28 bits per heavy atom. The lowest BCUT2D eigenvalue weighted by atomic mass is 10.2. The van der Waals surface area contributed by atoms with E-state index in [1.165, 1.54) is 0 Å². The number of nitrogens with one attached hydrogen (secondary N) is 1. The van der Waals surface area contributed by atoms with Gasteiger partial charge < -0.3 is 15.0 Å². The minimum Gasteiger partial charge on any atom is -0.378 e. The maximum absolute atomic E-state index is 11.8. The van der Waals surface area contributed by atoms with E-state index in [1.807, 2.05) is 6.07 Å². The summed E-state index contributed by atoms with van der Waals surface area (Å²) in [5, 5.41) is 2.74. The SMILES string of the molecule is C=CCNC(=O)c1cncc(N2CCOCC2)c1. The van der Waals surface area contributed by atoms with Crippen LogP contribution >= 0.6 is 0 Å². The molecule has 18 heavy (non-hydrogen) atoms. The zero-order valence-corrected chi connectivity index (χ0v) is 10.3. The smallest absolute Gasteiger partial charge is 0.253 e. The Bertz CT molecular complexity index is 428. The lowest BCUT2D eigenvalue weighted by Crippen LogP contribution is -2.36. The first-order chi connectivity index (χ1) is 8.81. The standard InChI is InChI=1S/C13H17N3O2/c1-2-3-15-13(17)11-8-12(10-14-9-11)16-4-6-18-7-5-16/h2,8-10H,1,3-7H2,(H,15,17). The molecule has 1 aliphatic heterocycles. The van der Waals surface area contributed by atoms with Crippen LogP contribution in [0.15, 0.2) is 31.1 Å². The van der Waals surface area contributed by atoms with Gasteiger partial charge in [-0.2, -0.15) is 0 Å². The van der Waals surface area contributed by atoms with E-state index in [9.17, 15) is 4.79 Å². The van der Waals surface area contributed by atoms with Crippen molar-refractivity contribution in [1.29, 1.82) is 0 Å². The number of amides is 1. The van der Waals surface area contributed by atoms with E-state index in [-0.39, 0.29) is 5.91 Å². The van der Waals surface area contributed by atoms with Crippen molar-refractivity contribution in [3.05, 3.63) is 36.7 Å². The number of pyridine rings is 1. The van der Waals surface area contributed by atoms with Crippen molar-refractivity contribution in [2.45, 2.75) is 0 Å². The number of hydrogen-bond acceptors (Lipinski definition) is 4. The van der Waals surface area contributed by atoms with E-state index < -0.39 is 0 Å². The predicted molar refractivity (Wildman–Crippen MR) is 69.8 cm³/mol. The van der Waals surface area contributed by atoms with Crippen molar-refractivity contribution in [2.24, 2.45) is 0 Å². The molecule has 0 saturated carbocycles. The van der Waals surface area contributed by atoms with Crippen LogP contribution in [0.3, 0.4) is 0 Å². The maximum Gasteiger partial charge on any atom is 0.253 e. The van der Waals surface area contributed by atoms with E-state index >= 15 is 0 Å². The number of aromatic nitrogens is 1. The van der Waals surface area contributed by atoms with Crippen LogP contribution in [-0.2, 0) is 4.74 Å². The average molecular weight is 247 g/mol. The predicted octanol–water partition coefficient (Wildman–Crippen LogP) is 0.834. The monoisotopic (exact) mass is 247 g/mol. The number of hydrogen-bond donors (Lipinski definition) is 1. The minimum absolute atomic E-state index is 0.127. The van der Waals surface area contributed by atoms with E-state index in [2.05, 4.69) is 21.8 Å². The third-order valence-corrected chi connectivity index (χ3v) is 2.77. The van der Waals surface area contributed by atoms with Crippen LogP contribution in [0.2, 0.25) is 0 Å². The number of carbonyl (C=O) groups is 1. The van der Waals surface area contributed by atoms with Crippen LogP contribution in [0, 0.1) is 0 Å². The van der Waals surface area contributed by atoms with Gasteiger partial charge in [0.05, 0.1) is 30.7 Å². The van der Waals surface area contributed by atoms with Crippen molar-refractivity contribution < 1.29 is 9.53 Å². The summed E-state index contributed by atoms with van der Waals surface area (Å²) >= 11 is 0. The summed E-state index contributed by atoms with van der Waals surface area (Å²) < 4.78 is 5.30. The molecule has 0 radical (unpaired) electrons. The highest BCUT2D eigenvalue weighted by Gasteiger charge is 2.13. The third kappa shape index (κ3) is 3.07. The van der Waals surface area contributed by atoms with Gasteiger partial charge in [0.15, 0.2) is 0 Å². The first-order valence-electron chi connectivity index (χ1n) is 5.98. The molecule has 0 aliphatic carbocycles. The van der Waals surface area contributed by atoms with Gasteiger partial charge in [-0.3, -0.25) is 9.78 Å². The fourth-order valence-corrected chi connectivity index (χ4v) is 1.81. The topological polar surface area (TPSA) is 54.5 Å². The molecular formula is C13H17N3O2. The van der Waals surface area contributed by atoms with Crippen LogP contribution in [-0.4, -0.2) is 43.7 Å². The van der Waals surface area contributed by atoms with Gasteiger partial charge in [-0.15, -0.1) is 6.58 Å². The highest BCUT2D eigenvalue weighted by atomic mass is 16.5. The molecule has 1 saturated heterocycles. The van der Waals surface area contributed by atoms with E-state index in [1.54, 1.807) is 18.5 Å². The molecule has 0 aromatic carbocycles. The van der Waals surface area contributed by atoms with Crippen LogP contribution in [0.1, 0.15) is 10.4 Å². The summed E-state index contributed by atoms with van der Waals surface area (Å²) in [5.41, 5.74) is 1.53. The Balaban J connectivity index is 2.08. The zero-order chi connectivity index (χ0) is 12.8. The summed E-state index contributed by atoms with van der Waals surface area (Å²) in [6.07, 6.45) is 5.00. The molecule has 96 valence electrons. The molecule has 1 fully saturated rings. The second-order valence-electron chi connectivity index (χ2n) is 4.03. The van der Waals surface area contributed by atoms with Gasteiger partial charge in [-0.1, -0.05) is 6.08 Å². The first kappa shape index (κ1) is 12.6. The Hall–Kier alpha value is -1.88. The largest absolute Gasteiger partial charge is 0.378 e. The van der Waals surface area contributed by atoms with Crippen molar-refractivity contribution in [3.63, 3.8) is 0 Å². The lowest BCUT2D eigenvalue weighted by Gasteiger charge is -2.28. The van der Waals surface area contributed by atoms with Gasteiger partial charge in [0.2, 0.25) is 0 Å². The number of rotatable bonds is 4. The molecule has 0 atom stereocenters. The van der Waals surface area contributed by atoms with Crippen molar-refractivity contribution in [1.82, 2.24) is 10.3 Å². The Kier molecular flexibility index (Phi) is 4.30. The van der Waals surface area contributed by atoms with Gasteiger partial charge in [0, 0.05) is 25.8 Å². The van der Waals surface area contributed by atoms with Gasteiger partial charge in [-0.05, 0) is 6.07 Å². The Morgan fingerprint density at radius 1 is 1.50 bits per heavy atom. The van der Waals surface area contributed by atoms with Crippen molar-refractivity contribution in [2.75, 3.05) is 37.7 Å². The van der Waals surface area contributed by atoms with Crippen LogP contribution in [0.25, 0.3) is 0 Å². The Labute approximate surface area is 106 Å². The summed E-state index contributed by atoms with van der Waals surface area (Å²) in [6, 6.07) is 1.86. The molecule has 2 heterocycles. The van der Waals surface area contributed by atoms with Gasteiger partial charge in [0.25, 0.3) is 5.91 Å². The molecule has 5 heteroatoms. The first-order valence-corrected chi connectivity index (χ1v) is 5.98. The third-order valence-electron chi connectivity index (χ3n) is 2.77. The summed E-state index contributed by atoms with van der Waals surface area (Å²) in [5.74, 6) is -0.127. The maximum atomic E-state index is 11.8. The van der Waals surface area contributed by atoms with Crippen molar-refractivity contribution >= 4 is 11.6 Å². The number of morpholine rings is 1. The summed E-state index contributed by atoms with van der Waals surface area (Å²) in [7, 11) is 0. The fourth-order valence-electron chi connectivity index (χ4n) is 1.81. The number of nitrogens with zero attached hydrogens (tertiary/aromatic N) is 2.